The van der Waals surface area contributed by atoms with Gasteiger partial charge in [-0.3, -0.25) is 0 Å². The Balaban J connectivity index is 2.58. The SMILES string of the molecule is Cc1ccc(C(C)(C)C)cc1-n1ccnc1C. The molecule has 0 atom stereocenters. The summed E-state index contributed by atoms with van der Waals surface area (Å²) in [5, 5.41) is 0. The Labute approximate surface area is 103 Å². The molecule has 0 N–H and O–H groups in total. The van der Waals surface area contributed by atoms with Crippen LogP contribution < -0.4 is 0 Å². The zero-order chi connectivity index (χ0) is 12.6. The molecule has 0 saturated carbocycles. The highest BCUT2D eigenvalue weighted by molar-refractivity contribution is 5.45. The summed E-state index contributed by atoms with van der Waals surface area (Å²) in [4.78, 5) is 4.29. The van der Waals surface area contributed by atoms with Crippen LogP contribution in [-0.2, 0) is 5.41 Å². The molecule has 17 heavy (non-hydrogen) atoms. The molecule has 2 aromatic rings. The van der Waals surface area contributed by atoms with Gasteiger partial charge in [-0.1, -0.05) is 32.9 Å². The molecule has 0 saturated heterocycles. The molecule has 1 heterocycles. The molecule has 0 amide bonds. The van der Waals surface area contributed by atoms with E-state index in [0.29, 0.717) is 0 Å². The molecule has 2 nitrogen and oxygen atoms in total. The maximum atomic E-state index is 4.29. The normalized spacial score (nSPS) is 11.8. The molecule has 0 unspecified atom stereocenters. The summed E-state index contributed by atoms with van der Waals surface area (Å²) in [5.74, 6) is 1.03. The van der Waals surface area contributed by atoms with Crippen LogP contribution in [0.2, 0.25) is 0 Å². The van der Waals surface area contributed by atoms with Crippen LogP contribution in [0.5, 0.6) is 0 Å². The Bertz CT molecular complexity index is 530. The number of aryl methyl sites for hydroxylation is 2. The first-order valence-corrected chi connectivity index (χ1v) is 6.01. The van der Waals surface area contributed by atoms with Crippen molar-refractivity contribution in [3.63, 3.8) is 0 Å². The van der Waals surface area contributed by atoms with Crippen molar-refractivity contribution in [3.05, 3.63) is 47.5 Å². The fraction of sp³-hybridized carbons (Fsp3) is 0.400. The molecule has 1 aromatic heterocycles. The van der Waals surface area contributed by atoms with E-state index in [-0.39, 0.29) is 5.41 Å². The lowest BCUT2D eigenvalue weighted by Gasteiger charge is -2.21. The first-order chi connectivity index (χ1) is 7.89. The molecule has 2 heteroatoms. The van der Waals surface area contributed by atoms with E-state index in [4.69, 9.17) is 0 Å². The monoisotopic (exact) mass is 228 g/mol. The summed E-state index contributed by atoms with van der Waals surface area (Å²) in [7, 11) is 0. The van der Waals surface area contributed by atoms with Crippen LogP contribution in [0.3, 0.4) is 0 Å². The lowest BCUT2D eigenvalue weighted by molar-refractivity contribution is 0.589. The average Bonchev–Trinajstić information content (AvgIpc) is 2.63. The van der Waals surface area contributed by atoms with Gasteiger partial charge in [-0.15, -0.1) is 0 Å². The lowest BCUT2D eigenvalue weighted by atomic mass is 9.86. The Kier molecular flexibility index (Phi) is 2.82. The van der Waals surface area contributed by atoms with Gasteiger partial charge in [-0.2, -0.15) is 0 Å². The van der Waals surface area contributed by atoms with E-state index >= 15 is 0 Å². The van der Waals surface area contributed by atoms with Crippen molar-refractivity contribution in [1.29, 1.82) is 0 Å². The van der Waals surface area contributed by atoms with Crippen molar-refractivity contribution < 1.29 is 0 Å². The highest BCUT2D eigenvalue weighted by Gasteiger charge is 2.15. The quantitative estimate of drug-likeness (QED) is 0.726. The van der Waals surface area contributed by atoms with Crippen molar-refractivity contribution in [1.82, 2.24) is 9.55 Å². The van der Waals surface area contributed by atoms with E-state index in [0.717, 1.165) is 5.82 Å². The third-order valence-electron chi connectivity index (χ3n) is 3.16. The predicted molar refractivity (Wildman–Crippen MR) is 71.7 cm³/mol. The molecule has 0 aliphatic heterocycles. The van der Waals surface area contributed by atoms with Gasteiger partial charge in [0.1, 0.15) is 5.82 Å². The molecule has 90 valence electrons. The van der Waals surface area contributed by atoms with Gasteiger partial charge in [0.05, 0.1) is 0 Å². The fourth-order valence-electron chi connectivity index (χ4n) is 1.97. The van der Waals surface area contributed by atoms with Crippen molar-refractivity contribution in [3.8, 4) is 5.69 Å². The molecular weight excluding hydrogens is 208 g/mol. The molecule has 0 aliphatic rings. The number of hydrogen-bond donors (Lipinski definition) is 0. The van der Waals surface area contributed by atoms with Crippen molar-refractivity contribution in [2.24, 2.45) is 0 Å². The number of nitrogens with zero attached hydrogens (tertiary/aromatic N) is 2. The minimum Gasteiger partial charge on any atom is -0.304 e. The van der Waals surface area contributed by atoms with E-state index in [9.17, 15) is 0 Å². The number of aromatic nitrogens is 2. The standard InChI is InChI=1S/C15H20N2/c1-11-6-7-13(15(3,4)5)10-14(11)17-9-8-16-12(17)2/h6-10H,1-5H3. The minimum absolute atomic E-state index is 0.178. The summed E-state index contributed by atoms with van der Waals surface area (Å²) in [6.45, 7) is 10.9. The first kappa shape index (κ1) is 11.9. The molecular formula is C15H20N2. The molecule has 0 bridgehead atoms. The van der Waals surface area contributed by atoms with Crippen LogP contribution in [0.25, 0.3) is 5.69 Å². The molecule has 1 aromatic carbocycles. The van der Waals surface area contributed by atoms with Crippen LogP contribution in [0, 0.1) is 13.8 Å². The summed E-state index contributed by atoms with van der Waals surface area (Å²) in [6.07, 6.45) is 3.86. The van der Waals surface area contributed by atoms with E-state index < -0.39 is 0 Å². The van der Waals surface area contributed by atoms with Crippen molar-refractivity contribution in [2.45, 2.75) is 40.0 Å². The van der Waals surface area contributed by atoms with Crippen LogP contribution in [0.4, 0.5) is 0 Å². The number of benzene rings is 1. The number of rotatable bonds is 1. The van der Waals surface area contributed by atoms with Gasteiger partial charge >= 0.3 is 0 Å². The number of hydrogen-bond acceptors (Lipinski definition) is 1. The maximum absolute atomic E-state index is 4.29. The van der Waals surface area contributed by atoms with Gasteiger partial charge in [0, 0.05) is 18.1 Å². The van der Waals surface area contributed by atoms with E-state index in [1.807, 2.05) is 19.3 Å². The Hall–Kier alpha value is -1.57. The van der Waals surface area contributed by atoms with Crippen LogP contribution in [0.15, 0.2) is 30.6 Å². The lowest BCUT2D eigenvalue weighted by Crippen LogP contribution is -2.12. The summed E-state index contributed by atoms with van der Waals surface area (Å²) >= 11 is 0. The highest BCUT2D eigenvalue weighted by Crippen LogP contribution is 2.26. The van der Waals surface area contributed by atoms with Gasteiger partial charge in [0.2, 0.25) is 0 Å². The Morgan fingerprint density at radius 2 is 1.82 bits per heavy atom. The second-order valence-corrected chi connectivity index (χ2v) is 5.60. The second kappa shape index (κ2) is 4.02. The van der Waals surface area contributed by atoms with Crippen LogP contribution in [-0.4, -0.2) is 9.55 Å². The van der Waals surface area contributed by atoms with Gasteiger partial charge < -0.3 is 4.57 Å². The summed E-state index contributed by atoms with van der Waals surface area (Å²) in [5.41, 5.74) is 4.04. The Morgan fingerprint density at radius 1 is 1.12 bits per heavy atom. The topological polar surface area (TPSA) is 17.8 Å². The first-order valence-electron chi connectivity index (χ1n) is 6.01. The molecule has 0 spiro atoms. The van der Waals surface area contributed by atoms with E-state index in [2.05, 4.69) is 55.4 Å². The molecule has 0 aliphatic carbocycles. The fourth-order valence-corrected chi connectivity index (χ4v) is 1.97. The Morgan fingerprint density at radius 3 is 2.35 bits per heavy atom. The van der Waals surface area contributed by atoms with Crippen LogP contribution in [0.1, 0.15) is 37.7 Å². The molecule has 0 radical (unpaired) electrons. The third kappa shape index (κ3) is 2.26. The molecule has 0 fully saturated rings. The zero-order valence-electron chi connectivity index (χ0n) is 11.3. The van der Waals surface area contributed by atoms with E-state index in [1.54, 1.807) is 0 Å². The predicted octanol–water partition coefficient (Wildman–Crippen LogP) is 3.79. The number of imidazole rings is 1. The van der Waals surface area contributed by atoms with Crippen molar-refractivity contribution >= 4 is 0 Å². The minimum atomic E-state index is 0.178. The van der Waals surface area contributed by atoms with E-state index in [1.165, 1.54) is 16.8 Å². The molecule has 2 rings (SSSR count). The summed E-state index contributed by atoms with van der Waals surface area (Å²) < 4.78 is 2.14. The highest BCUT2D eigenvalue weighted by atomic mass is 15.1. The smallest absolute Gasteiger partial charge is 0.110 e. The van der Waals surface area contributed by atoms with Gasteiger partial charge in [-0.05, 0) is 36.5 Å². The zero-order valence-corrected chi connectivity index (χ0v) is 11.3. The van der Waals surface area contributed by atoms with Gasteiger partial charge in [-0.25, -0.2) is 4.98 Å². The summed E-state index contributed by atoms with van der Waals surface area (Å²) in [6, 6.07) is 6.67. The van der Waals surface area contributed by atoms with Gasteiger partial charge in [0.25, 0.3) is 0 Å². The van der Waals surface area contributed by atoms with Crippen LogP contribution >= 0.6 is 0 Å². The second-order valence-electron chi connectivity index (χ2n) is 5.60. The largest absolute Gasteiger partial charge is 0.304 e. The maximum Gasteiger partial charge on any atom is 0.110 e. The average molecular weight is 228 g/mol. The third-order valence-corrected chi connectivity index (χ3v) is 3.16. The van der Waals surface area contributed by atoms with Gasteiger partial charge in [0.15, 0.2) is 0 Å². The van der Waals surface area contributed by atoms with Crippen molar-refractivity contribution in [2.75, 3.05) is 0 Å².